The first-order valence-corrected chi connectivity index (χ1v) is 8.21. The Morgan fingerprint density at radius 1 is 1.04 bits per heavy atom. The molecule has 0 saturated carbocycles. The van der Waals surface area contributed by atoms with Crippen molar-refractivity contribution in [3.63, 3.8) is 0 Å². The minimum Gasteiger partial charge on any atom is -0.497 e. The number of ketones is 1. The molecule has 4 heteroatoms. The van der Waals surface area contributed by atoms with Crippen LogP contribution in [0.25, 0.3) is 6.08 Å². The number of allylic oxidation sites excluding steroid dienone is 1. The Morgan fingerprint density at radius 2 is 1.76 bits per heavy atom. The van der Waals surface area contributed by atoms with Crippen molar-refractivity contribution in [2.75, 3.05) is 34.9 Å². The molecule has 132 valence electrons. The van der Waals surface area contributed by atoms with Crippen LogP contribution in [0.4, 0.5) is 0 Å². The third-order valence-electron chi connectivity index (χ3n) is 3.93. The molecule has 0 heterocycles. The van der Waals surface area contributed by atoms with Gasteiger partial charge in [-0.15, -0.1) is 0 Å². The third-order valence-corrected chi connectivity index (χ3v) is 3.93. The van der Waals surface area contributed by atoms with Crippen molar-refractivity contribution in [2.24, 2.45) is 0 Å². The zero-order valence-electron chi connectivity index (χ0n) is 15.3. The Balaban J connectivity index is 2.09. The lowest BCUT2D eigenvalue weighted by Crippen LogP contribution is -2.14. The predicted molar refractivity (Wildman–Crippen MR) is 102 cm³/mol. The van der Waals surface area contributed by atoms with Crippen molar-refractivity contribution >= 4 is 11.9 Å². The molecular formula is C21H25NO3. The molecule has 0 atom stereocenters. The number of nitrogens with zero attached hydrogens (tertiary/aromatic N) is 1. The van der Waals surface area contributed by atoms with Crippen molar-refractivity contribution in [3.05, 3.63) is 65.2 Å². The maximum atomic E-state index is 12.5. The molecule has 0 aliphatic rings. The maximum absolute atomic E-state index is 12.5. The average molecular weight is 339 g/mol. The Labute approximate surface area is 149 Å². The zero-order chi connectivity index (χ0) is 18.2. The van der Waals surface area contributed by atoms with E-state index >= 15 is 0 Å². The van der Waals surface area contributed by atoms with Gasteiger partial charge in [-0.2, -0.15) is 0 Å². The standard InChI is InChI=1S/C21H25NO3/c1-22(2)14-13-17-7-5-16(6-8-17)9-11-20(23)19-15-18(24-3)10-12-21(19)25-4/h5-12,15H,13-14H2,1-4H3. The summed E-state index contributed by atoms with van der Waals surface area (Å²) < 4.78 is 10.5. The normalized spacial score (nSPS) is 11.1. The molecule has 0 amide bonds. The van der Waals surface area contributed by atoms with Crippen LogP contribution in [-0.4, -0.2) is 45.5 Å². The van der Waals surface area contributed by atoms with E-state index in [2.05, 4.69) is 31.1 Å². The zero-order valence-corrected chi connectivity index (χ0v) is 15.3. The van der Waals surface area contributed by atoms with Gasteiger partial charge >= 0.3 is 0 Å². The Bertz CT molecular complexity index is 733. The number of methoxy groups -OCH3 is 2. The second-order valence-corrected chi connectivity index (χ2v) is 6.06. The largest absolute Gasteiger partial charge is 0.497 e. The lowest BCUT2D eigenvalue weighted by atomic mass is 10.1. The van der Waals surface area contributed by atoms with E-state index in [9.17, 15) is 4.79 Å². The summed E-state index contributed by atoms with van der Waals surface area (Å²) in [5.41, 5.74) is 2.76. The molecule has 0 bridgehead atoms. The highest BCUT2D eigenvalue weighted by molar-refractivity contribution is 6.08. The number of carbonyl (C=O) groups is 1. The number of carbonyl (C=O) groups excluding carboxylic acids is 1. The van der Waals surface area contributed by atoms with E-state index in [4.69, 9.17) is 9.47 Å². The molecule has 2 rings (SSSR count). The van der Waals surface area contributed by atoms with Crippen molar-refractivity contribution in [1.82, 2.24) is 4.90 Å². The molecule has 0 fully saturated rings. The predicted octanol–water partition coefficient (Wildman–Crippen LogP) is 3.70. The summed E-state index contributed by atoms with van der Waals surface area (Å²) in [5.74, 6) is 1.05. The van der Waals surface area contributed by atoms with Gasteiger partial charge in [0.2, 0.25) is 0 Å². The maximum Gasteiger partial charge on any atom is 0.189 e. The monoisotopic (exact) mass is 339 g/mol. The minimum atomic E-state index is -0.118. The minimum absolute atomic E-state index is 0.118. The smallest absolute Gasteiger partial charge is 0.189 e. The van der Waals surface area contributed by atoms with Gasteiger partial charge in [0.1, 0.15) is 11.5 Å². The highest BCUT2D eigenvalue weighted by Crippen LogP contribution is 2.25. The Hall–Kier alpha value is -2.59. The molecule has 0 aromatic heterocycles. The fourth-order valence-electron chi connectivity index (χ4n) is 2.42. The van der Waals surface area contributed by atoms with E-state index in [1.807, 2.05) is 18.2 Å². The highest BCUT2D eigenvalue weighted by atomic mass is 16.5. The SMILES string of the molecule is COc1ccc(OC)c(C(=O)C=Cc2ccc(CCN(C)C)cc2)c1. The van der Waals surface area contributed by atoms with Crippen molar-refractivity contribution < 1.29 is 14.3 Å². The molecule has 0 aliphatic carbocycles. The van der Waals surface area contributed by atoms with Crippen LogP contribution in [0.5, 0.6) is 11.5 Å². The molecule has 2 aromatic rings. The fraction of sp³-hybridized carbons (Fsp3) is 0.286. The summed E-state index contributed by atoms with van der Waals surface area (Å²) in [4.78, 5) is 14.6. The molecule has 2 aromatic carbocycles. The van der Waals surface area contributed by atoms with Crippen LogP contribution in [0.3, 0.4) is 0 Å². The first kappa shape index (κ1) is 18.7. The van der Waals surface area contributed by atoms with Crippen molar-refractivity contribution in [2.45, 2.75) is 6.42 Å². The lowest BCUT2D eigenvalue weighted by molar-refractivity contribution is 0.104. The van der Waals surface area contributed by atoms with E-state index in [0.717, 1.165) is 18.5 Å². The summed E-state index contributed by atoms with van der Waals surface area (Å²) in [7, 11) is 7.25. The van der Waals surface area contributed by atoms with Crippen LogP contribution in [0, 0.1) is 0 Å². The summed E-state index contributed by atoms with van der Waals surface area (Å²) in [6.45, 7) is 1.02. The first-order chi connectivity index (χ1) is 12.0. The third kappa shape index (κ3) is 5.47. The van der Waals surface area contributed by atoms with Gasteiger partial charge in [-0.25, -0.2) is 0 Å². The van der Waals surface area contributed by atoms with Crippen LogP contribution >= 0.6 is 0 Å². The number of rotatable bonds is 8. The van der Waals surface area contributed by atoms with E-state index in [-0.39, 0.29) is 5.78 Å². The van der Waals surface area contributed by atoms with Crippen LogP contribution in [0.1, 0.15) is 21.5 Å². The number of benzene rings is 2. The van der Waals surface area contributed by atoms with Gasteiger partial charge in [-0.05, 0) is 55.9 Å². The summed E-state index contributed by atoms with van der Waals surface area (Å²) in [6.07, 6.45) is 4.39. The summed E-state index contributed by atoms with van der Waals surface area (Å²) >= 11 is 0. The van der Waals surface area contributed by atoms with Crippen LogP contribution in [0.15, 0.2) is 48.5 Å². The molecule has 0 aliphatic heterocycles. The van der Waals surface area contributed by atoms with Gasteiger partial charge in [0.05, 0.1) is 19.8 Å². The molecule has 4 nitrogen and oxygen atoms in total. The van der Waals surface area contributed by atoms with Crippen LogP contribution < -0.4 is 9.47 Å². The Morgan fingerprint density at radius 3 is 2.36 bits per heavy atom. The van der Waals surface area contributed by atoms with Gasteiger partial charge in [0, 0.05) is 6.54 Å². The summed E-state index contributed by atoms with van der Waals surface area (Å²) in [5, 5.41) is 0. The van der Waals surface area contributed by atoms with Crippen molar-refractivity contribution in [3.8, 4) is 11.5 Å². The van der Waals surface area contributed by atoms with Crippen LogP contribution in [0.2, 0.25) is 0 Å². The van der Waals surface area contributed by atoms with Gasteiger partial charge in [0.25, 0.3) is 0 Å². The van der Waals surface area contributed by atoms with Gasteiger partial charge in [-0.3, -0.25) is 4.79 Å². The Kier molecular flexibility index (Phi) is 6.78. The lowest BCUT2D eigenvalue weighted by Gasteiger charge is -2.09. The summed E-state index contributed by atoms with van der Waals surface area (Å²) in [6, 6.07) is 13.4. The number of hydrogen-bond acceptors (Lipinski definition) is 4. The van der Waals surface area contributed by atoms with Gasteiger partial charge in [0.15, 0.2) is 5.78 Å². The molecular weight excluding hydrogens is 314 g/mol. The van der Waals surface area contributed by atoms with Gasteiger partial charge < -0.3 is 14.4 Å². The second kappa shape index (κ2) is 9.04. The number of hydrogen-bond donors (Lipinski definition) is 0. The van der Waals surface area contributed by atoms with E-state index in [0.29, 0.717) is 17.1 Å². The molecule has 0 spiro atoms. The van der Waals surface area contributed by atoms with E-state index < -0.39 is 0 Å². The first-order valence-electron chi connectivity index (χ1n) is 8.21. The van der Waals surface area contributed by atoms with Gasteiger partial charge in [-0.1, -0.05) is 30.3 Å². The number of likely N-dealkylation sites (N-methyl/N-ethyl adjacent to an activating group) is 1. The molecule has 0 unspecified atom stereocenters. The molecule has 25 heavy (non-hydrogen) atoms. The molecule has 0 saturated heterocycles. The van der Waals surface area contributed by atoms with E-state index in [1.54, 1.807) is 38.5 Å². The fourth-order valence-corrected chi connectivity index (χ4v) is 2.42. The molecule has 0 radical (unpaired) electrons. The van der Waals surface area contributed by atoms with Crippen molar-refractivity contribution in [1.29, 1.82) is 0 Å². The van der Waals surface area contributed by atoms with E-state index in [1.165, 1.54) is 5.56 Å². The molecule has 0 N–H and O–H groups in total. The second-order valence-electron chi connectivity index (χ2n) is 6.06. The highest BCUT2D eigenvalue weighted by Gasteiger charge is 2.11. The quantitative estimate of drug-likeness (QED) is 0.543. The average Bonchev–Trinajstić information content (AvgIpc) is 2.64. The topological polar surface area (TPSA) is 38.8 Å². The van der Waals surface area contributed by atoms with Crippen LogP contribution in [-0.2, 0) is 6.42 Å². The number of ether oxygens (including phenoxy) is 2.